The molecule has 2 aliphatic carbocycles. The predicted molar refractivity (Wildman–Crippen MR) is 238 cm³/mol. The van der Waals surface area contributed by atoms with Gasteiger partial charge in [-0.1, -0.05) is 36.4 Å². The number of nitrogens with zero attached hydrogens (tertiary/aromatic N) is 7. The molecule has 7 heterocycles. The van der Waals surface area contributed by atoms with Crippen LogP contribution < -0.4 is 0 Å². The molecule has 0 aliphatic heterocycles. The van der Waals surface area contributed by atoms with E-state index in [2.05, 4.69) is 52.5 Å². The van der Waals surface area contributed by atoms with Crippen LogP contribution in [-0.4, -0.2) is 78.6 Å². The summed E-state index contributed by atoms with van der Waals surface area (Å²) in [5.74, 6) is -0.308. The zero-order chi connectivity index (χ0) is 42.3. The van der Waals surface area contributed by atoms with Gasteiger partial charge in [-0.3, -0.25) is 34.7 Å². The van der Waals surface area contributed by atoms with Gasteiger partial charge in [0.15, 0.2) is 11.6 Å². The highest BCUT2D eigenvalue weighted by Crippen LogP contribution is 2.54. The Balaban J connectivity index is 0.765. The molecule has 2 aliphatic rings. The molecule has 0 radical (unpaired) electrons. The molecule has 2 saturated carbocycles. The third-order valence-corrected chi connectivity index (χ3v) is 12.8. The van der Waals surface area contributed by atoms with E-state index in [0.717, 1.165) is 78.9 Å². The Labute approximate surface area is 358 Å². The Hall–Kier alpha value is -7.71. The summed E-state index contributed by atoms with van der Waals surface area (Å²) in [5, 5.41) is 27.5. The van der Waals surface area contributed by atoms with Crippen LogP contribution in [0.3, 0.4) is 0 Å². The average molecular weight is 830 g/mol. The van der Waals surface area contributed by atoms with Gasteiger partial charge in [-0.2, -0.15) is 10.2 Å². The van der Waals surface area contributed by atoms with Crippen molar-refractivity contribution >= 4 is 55.4 Å². The van der Waals surface area contributed by atoms with Crippen molar-refractivity contribution in [2.75, 3.05) is 6.61 Å². The minimum atomic E-state index is -0.717. The van der Waals surface area contributed by atoms with Crippen LogP contribution in [0.2, 0.25) is 0 Å². The van der Waals surface area contributed by atoms with Gasteiger partial charge in [-0.15, -0.1) is 0 Å². The molecule has 2 unspecified atom stereocenters. The van der Waals surface area contributed by atoms with Gasteiger partial charge in [-0.25, -0.2) is 9.97 Å². The largest absolute Gasteiger partial charge is 0.395 e. The molecule has 0 saturated heterocycles. The van der Waals surface area contributed by atoms with E-state index < -0.39 is 11.8 Å². The highest BCUT2D eigenvalue weighted by Gasteiger charge is 2.42. The number of Topliss-reactive ketones (excluding diaryl/α,β-unsaturated/α-hetero) is 2. The number of imidazole rings is 2. The molecule has 63 heavy (non-hydrogen) atoms. The first-order chi connectivity index (χ1) is 30.9. The van der Waals surface area contributed by atoms with E-state index in [-0.39, 0.29) is 35.8 Å². The maximum Gasteiger partial charge on any atom is 0.207 e. The monoisotopic (exact) mass is 829 g/mol. The highest BCUT2D eigenvalue weighted by atomic mass is 16.3. The van der Waals surface area contributed by atoms with Gasteiger partial charge in [0.2, 0.25) is 11.6 Å². The number of aliphatic hydroxyl groups is 1. The number of carbonyl (C=O) groups is 2. The van der Waals surface area contributed by atoms with Gasteiger partial charge in [-0.05, 0) is 92.4 Å². The fourth-order valence-corrected chi connectivity index (χ4v) is 9.01. The molecule has 308 valence electrons. The molecule has 7 aromatic heterocycles. The maximum absolute atomic E-state index is 14.0. The third-order valence-electron chi connectivity index (χ3n) is 12.8. The lowest BCUT2D eigenvalue weighted by Crippen LogP contribution is -2.18. The molecule has 3 aromatic carbocycles. The summed E-state index contributed by atoms with van der Waals surface area (Å²) in [4.78, 5) is 57.6. The fraction of sp³-hybridized carbons (Fsp3) is 0.204. The average Bonchev–Trinajstić information content (AvgIpc) is 4.14. The van der Waals surface area contributed by atoms with Crippen molar-refractivity contribution in [1.82, 2.24) is 55.3 Å². The van der Waals surface area contributed by atoms with Gasteiger partial charge in [0.25, 0.3) is 0 Å². The summed E-state index contributed by atoms with van der Waals surface area (Å²) < 4.78 is 0. The number of ketones is 2. The van der Waals surface area contributed by atoms with Crippen LogP contribution in [0.1, 0.15) is 105 Å². The third kappa shape index (κ3) is 6.49. The predicted octanol–water partition coefficient (Wildman–Crippen LogP) is 8.80. The van der Waals surface area contributed by atoms with Gasteiger partial charge in [0, 0.05) is 69.1 Å². The number of H-pyrrole nitrogens is 4. The number of rotatable bonds is 12. The van der Waals surface area contributed by atoms with Crippen molar-refractivity contribution < 1.29 is 14.7 Å². The van der Waals surface area contributed by atoms with Crippen molar-refractivity contribution in [2.45, 2.75) is 55.8 Å². The quantitative estimate of drug-likeness (QED) is 0.0739. The first kappa shape index (κ1) is 37.1. The number of aromatic nitrogens is 11. The number of nitrogens with one attached hydrogen (secondary N) is 4. The van der Waals surface area contributed by atoms with Crippen LogP contribution >= 0.6 is 0 Å². The smallest absolute Gasteiger partial charge is 0.207 e. The summed E-state index contributed by atoms with van der Waals surface area (Å²) in [5.41, 5.74) is 12.3. The normalized spacial score (nSPS) is 17.2. The van der Waals surface area contributed by atoms with Crippen LogP contribution in [-0.2, 0) is 0 Å². The Bertz CT molecular complexity index is 3430. The second-order valence-corrected chi connectivity index (χ2v) is 16.9. The summed E-state index contributed by atoms with van der Waals surface area (Å²) in [6, 6.07) is 31.1. The molecule has 14 heteroatoms. The second-order valence-electron chi connectivity index (χ2n) is 16.9. The van der Waals surface area contributed by atoms with Crippen molar-refractivity contribution in [2.24, 2.45) is 0 Å². The molecule has 0 spiro atoms. The zero-order valence-corrected chi connectivity index (χ0v) is 34.0. The van der Waals surface area contributed by atoms with E-state index >= 15 is 0 Å². The lowest BCUT2D eigenvalue weighted by Gasteiger charge is -2.11. The molecule has 5 N–H and O–H groups in total. The van der Waals surface area contributed by atoms with E-state index in [1.54, 1.807) is 0 Å². The molecule has 0 bridgehead atoms. The number of fused-ring (bicyclic) bond motifs is 4. The zero-order valence-electron chi connectivity index (χ0n) is 34.0. The van der Waals surface area contributed by atoms with Gasteiger partial charge < -0.3 is 15.1 Å². The number of hydrogen-bond acceptors (Lipinski definition) is 10. The Morgan fingerprint density at radius 1 is 0.651 bits per heavy atom. The van der Waals surface area contributed by atoms with E-state index in [1.165, 1.54) is 12.8 Å². The molecule has 10 aromatic rings. The van der Waals surface area contributed by atoms with Crippen LogP contribution in [0, 0.1) is 0 Å². The number of pyridine rings is 3. The fourth-order valence-electron chi connectivity index (χ4n) is 9.01. The molecular formula is C49H39N11O3. The standard InChI is InChI=1S/C49H39N11O3/c1-24(46(62)48-53-40-19-31-38(21-42(40)55-48)57-59-44(31)27-12-14-50-36(16-27)26-10-11-26)34-8-5-9-35(52-34)29-18-30(29)37-17-28(13-15-51-37)45-32-20-41-43(22-39(32)58-60-45)56-49(54-41)47(63)33(23-61)25-6-3-2-4-7-25/h2-9,12-17,19-22,24,26,29-30,33,61H,10-11,18,23H2,1H3,(H,53,55)(H,54,56)(H,57,59)(H,58,60)/t24-,29?,30?,33-/m1/s1. The van der Waals surface area contributed by atoms with Crippen molar-refractivity contribution in [3.63, 3.8) is 0 Å². The summed E-state index contributed by atoms with van der Waals surface area (Å²) in [6.07, 6.45) is 6.90. The first-order valence-electron chi connectivity index (χ1n) is 21.3. The van der Waals surface area contributed by atoms with E-state index in [4.69, 9.17) is 15.0 Å². The molecule has 12 rings (SSSR count). The topological polar surface area (TPSA) is 208 Å². The van der Waals surface area contributed by atoms with E-state index in [9.17, 15) is 14.7 Å². The summed E-state index contributed by atoms with van der Waals surface area (Å²) in [7, 11) is 0. The van der Waals surface area contributed by atoms with Crippen LogP contribution in [0.15, 0.2) is 109 Å². The van der Waals surface area contributed by atoms with Crippen LogP contribution in [0.25, 0.3) is 66.4 Å². The Morgan fingerprint density at radius 3 is 1.89 bits per heavy atom. The van der Waals surface area contributed by atoms with Crippen LogP contribution in [0.5, 0.6) is 0 Å². The van der Waals surface area contributed by atoms with Crippen molar-refractivity contribution in [3.8, 4) is 22.5 Å². The first-order valence-corrected chi connectivity index (χ1v) is 21.3. The van der Waals surface area contributed by atoms with Crippen molar-refractivity contribution in [3.05, 3.63) is 149 Å². The Morgan fingerprint density at radius 2 is 1.25 bits per heavy atom. The number of hydrogen-bond donors (Lipinski definition) is 5. The second kappa shape index (κ2) is 14.5. The number of aromatic amines is 4. The molecule has 14 nitrogen and oxygen atoms in total. The van der Waals surface area contributed by atoms with Gasteiger partial charge in [0.05, 0.1) is 57.2 Å². The highest BCUT2D eigenvalue weighted by molar-refractivity contribution is 6.05. The minimum Gasteiger partial charge on any atom is -0.395 e. The molecule has 2 fully saturated rings. The summed E-state index contributed by atoms with van der Waals surface area (Å²) >= 11 is 0. The van der Waals surface area contributed by atoms with E-state index in [1.807, 2.05) is 104 Å². The minimum absolute atomic E-state index is 0.134. The van der Waals surface area contributed by atoms with Crippen LogP contribution in [0.4, 0.5) is 0 Å². The lowest BCUT2D eigenvalue weighted by atomic mass is 9.95. The molecule has 0 amide bonds. The van der Waals surface area contributed by atoms with Gasteiger partial charge >= 0.3 is 0 Å². The SMILES string of the molecule is C[C@@H](C(=O)c1nc2cc3c(-c4ccnc(C5CC5)c4)n[nH]c3cc2[nH]1)c1cccc(C2CC2c2cc(-c3n[nH]c4cc5[nH]c(C(=O)[C@H](CO)c6ccccc6)nc5cc34)ccn2)n1. The number of carbonyl (C=O) groups excluding carboxylic acids is 2. The molecule has 4 atom stereocenters. The Kier molecular flexibility index (Phi) is 8.51. The number of benzene rings is 3. The number of aliphatic hydroxyl groups excluding tert-OH is 1. The maximum atomic E-state index is 14.0. The van der Waals surface area contributed by atoms with Crippen molar-refractivity contribution in [1.29, 1.82) is 0 Å². The van der Waals surface area contributed by atoms with Gasteiger partial charge in [0.1, 0.15) is 11.4 Å². The summed E-state index contributed by atoms with van der Waals surface area (Å²) in [6.45, 7) is 1.56. The van der Waals surface area contributed by atoms with E-state index in [0.29, 0.717) is 34.0 Å². The lowest BCUT2D eigenvalue weighted by molar-refractivity contribution is 0.0911. The molecular weight excluding hydrogens is 791 g/mol.